The Morgan fingerprint density at radius 1 is 1.44 bits per heavy atom. The third kappa shape index (κ3) is 3.52. The highest BCUT2D eigenvalue weighted by Gasteiger charge is 2.06. The summed E-state index contributed by atoms with van der Waals surface area (Å²) >= 11 is 0. The number of methoxy groups -OCH3 is 1. The van der Waals surface area contributed by atoms with Crippen LogP contribution < -0.4 is 10.5 Å². The van der Waals surface area contributed by atoms with Crippen LogP contribution in [0.2, 0.25) is 0 Å². The van der Waals surface area contributed by atoms with E-state index in [9.17, 15) is 9.90 Å². The molecule has 16 heavy (non-hydrogen) atoms. The summed E-state index contributed by atoms with van der Waals surface area (Å²) in [4.78, 5) is 11.1. The Balaban J connectivity index is 2.54. The summed E-state index contributed by atoms with van der Waals surface area (Å²) in [5.41, 5.74) is 5.68. The number of benzene rings is 1. The van der Waals surface area contributed by atoms with Gasteiger partial charge < -0.3 is 20.3 Å². The van der Waals surface area contributed by atoms with E-state index in [2.05, 4.69) is 4.74 Å². The lowest BCUT2D eigenvalue weighted by Crippen LogP contribution is -2.26. The molecule has 0 fully saturated rings. The molecule has 0 amide bonds. The maximum absolute atomic E-state index is 11.1. The van der Waals surface area contributed by atoms with E-state index in [1.165, 1.54) is 7.11 Å². The zero-order chi connectivity index (χ0) is 12.0. The van der Waals surface area contributed by atoms with Crippen LogP contribution in [0.5, 0.6) is 5.75 Å². The van der Waals surface area contributed by atoms with Gasteiger partial charge in [0.15, 0.2) is 0 Å². The molecule has 1 aromatic rings. The molecule has 3 N–H and O–H groups in total. The zero-order valence-corrected chi connectivity index (χ0v) is 9.05. The second-order valence-electron chi connectivity index (χ2n) is 3.22. The molecule has 0 spiro atoms. The van der Waals surface area contributed by atoms with Gasteiger partial charge in [-0.1, -0.05) is 0 Å². The number of esters is 1. The van der Waals surface area contributed by atoms with E-state index < -0.39 is 12.1 Å². The molecule has 1 rings (SSSR count). The number of aliphatic hydroxyl groups excluding tert-OH is 1. The summed E-state index contributed by atoms with van der Waals surface area (Å²) in [6.07, 6.45) is -0.680. The normalized spacial score (nSPS) is 11.9. The lowest BCUT2D eigenvalue weighted by Gasteiger charge is -2.10. The van der Waals surface area contributed by atoms with Gasteiger partial charge in [-0.3, -0.25) is 0 Å². The second-order valence-corrected chi connectivity index (χ2v) is 3.22. The van der Waals surface area contributed by atoms with E-state index in [1.54, 1.807) is 24.3 Å². The molecule has 0 bridgehead atoms. The highest BCUT2D eigenvalue weighted by molar-refractivity contribution is 5.89. The van der Waals surface area contributed by atoms with Crippen molar-refractivity contribution in [1.82, 2.24) is 0 Å². The van der Waals surface area contributed by atoms with Crippen molar-refractivity contribution in [1.29, 1.82) is 0 Å². The van der Waals surface area contributed by atoms with Crippen LogP contribution in [0.25, 0.3) is 0 Å². The molecule has 5 nitrogen and oxygen atoms in total. The van der Waals surface area contributed by atoms with E-state index >= 15 is 0 Å². The molecule has 1 unspecified atom stereocenters. The standard InChI is InChI=1S/C11H15NO4/c1-15-11(14)8-2-4-10(5-3-8)16-7-9(13)6-12/h2-5,9,13H,6-7,12H2,1H3. The summed E-state index contributed by atoms with van der Waals surface area (Å²) < 4.78 is 9.80. The van der Waals surface area contributed by atoms with E-state index in [4.69, 9.17) is 10.5 Å². The van der Waals surface area contributed by atoms with E-state index in [-0.39, 0.29) is 13.2 Å². The number of rotatable bonds is 5. The zero-order valence-electron chi connectivity index (χ0n) is 9.05. The number of hydrogen-bond acceptors (Lipinski definition) is 5. The fourth-order valence-electron chi connectivity index (χ4n) is 1.07. The Bertz CT molecular complexity index is 336. The molecule has 0 aliphatic heterocycles. The topological polar surface area (TPSA) is 81.8 Å². The SMILES string of the molecule is COC(=O)c1ccc(OCC(O)CN)cc1. The van der Waals surface area contributed by atoms with Crippen molar-refractivity contribution in [3.8, 4) is 5.75 Å². The first-order chi connectivity index (χ1) is 7.67. The molecule has 0 aromatic heterocycles. The largest absolute Gasteiger partial charge is 0.491 e. The lowest BCUT2D eigenvalue weighted by atomic mass is 10.2. The molecule has 0 heterocycles. The highest BCUT2D eigenvalue weighted by Crippen LogP contribution is 2.12. The van der Waals surface area contributed by atoms with Crippen molar-refractivity contribution < 1.29 is 19.4 Å². The molecule has 1 atom stereocenters. The molecular weight excluding hydrogens is 210 g/mol. The van der Waals surface area contributed by atoms with Crippen LogP contribution in [0, 0.1) is 0 Å². The molecule has 0 saturated heterocycles. The fraction of sp³-hybridized carbons (Fsp3) is 0.364. The van der Waals surface area contributed by atoms with Crippen LogP contribution in [0.1, 0.15) is 10.4 Å². The number of carbonyl (C=O) groups excluding carboxylic acids is 1. The van der Waals surface area contributed by atoms with Gasteiger partial charge in [0.05, 0.1) is 12.7 Å². The van der Waals surface area contributed by atoms with Crippen molar-refractivity contribution in [2.24, 2.45) is 5.73 Å². The number of hydrogen-bond donors (Lipinski definition) is 2. The maximum atomic E-state index is 11.1. The van der Waals surface area contributed by atoms with Crippen LogP contribution in [-0.2, 0) is 4.74 Å². The van der Waals surface area contributed by atoms with Crippen LogP contribution in [0.3, 0.4) is 0 Å². The Morgan fingerprint density at radius 3 is 2.56 bits per heavy atom. The molecule has 5 heteroatoms. The van der Waals surface area contributed by atoms with Gasteiger partial charge in [0.1, 0.15) is 18.5 Å². The Kier molecular flexibility index (Phi) is 4.75. The molecule has 0 saturated carbocycles. The van der Waals surface area contributed by atoms with Gasteiger partial charge in [-0.05, 0) is 24.3 Å². The van der Waals surface area contributed by atoms with Gasteiger partial charge in [0.25, 0.3) is 0 Å². The van der Waals surface area contributed by atoms with Gasteiger partial charge in [0, 0.05) is 6.54 Å². The quantitative estimate of drug-likeness (QED) is 0.698. The van der Waals surface area contributed by atoms with Crippen LogP contribution in [0.4, 0.5) is 0 Å². The third-order valence-corrected chi connectivity index (χ3v) is 1.99. The van der Waals surface area contributed by atoms with E-state index in [0.29, 0.717) is 11.3 Å². The van der Waals surface area contributed by atoms with E-state index in [0.717, 1.165) is 0 Å². The summed E-state index contributed by atoms with van der Waals surface area (Å²) in [7, 11) is 1.32. The average molecular weight is 225 g/mol. The van der Waals surface area contributed by atoms with Gasteiger partial charge in [0.2, 0.25) is 0 Å². The number of aliphatic hydroxyl groups is 1. The van der Waals surface area contributed by atoms with E-state index in [1.807, 2.05) is 0 Å². The lowest BCUT2D eigenvalue weighted by molar-refractivity contribution is 0.0600. The maximum Gasteiger partial charge on any atom is 0.337 e. The number of carbonyl (C=O) groups is 1. The minimum absolute atomic E-state index is 0.133. The Hall–Kier alpha value is -1.59. The average Bonchev–Trinajstić information content (AvgIpc) is 2.35. The van der Waals surface area contributed by atoms with Gasteiger partial charge in [-0.25, -0.2) is 4.79 Å². The Labute approximate surface area is 93.8 Å². The van der Waals surface area contributed by atoms with Gasteiger partial charge >= 0.3 is 5.97 Å². The molecule has 1 aromatic carbocycles. The van der Waals surface area contributed by atoms with Crippen molar-refractivity contribution in [3.63, 3.8) is 0 Å². The van der Waals surface area contributed by atoms with Crippen molar-refractivity contribution >= 4 is 5.97 Å². The van der Waals surface area contributed by atoms with Crippen LogP contribution in [-0.4, -0.2) is 37.4 Å². The Morgan fingerprint density at radius 2 is 2.06 bits per heavy atom. The van der Waals surface area contributed by atoms with Crippen molar-refractivity contribution in [2.45, 2.75) is 6.10 Å². The predicted molar refractivity (Wildman–Crippen MR) is 58.3 cm³/mol. The third-order valence-electron chi connectivity index (χ3n) is 1.99. The fourth-order valence-corrected chi connectivity index (χ4v) is 1.07. The minimum Gasteiger partial charge on any atom is -0.491 e. The summed E-state index contributed by atoms with van der Waals surface area (Å²) in [5, 5.41) is 9.18. The van der Waals surface area contributed by atoms with Crippen LogP contribution >= 0.6 is 0 Å². The summed E-state index contributed by atoms with van der Waals surface area (Å²) in [6.45, 7) is 0.286. The number of ether oxygens (including phenoxy) is 2. The second kappa shape index (κ2) is 6.09. The molecular formula is C11H15NO4. The smallest absolute Gasteiger partial charge is 0.337 e. The summed E-state index contributed by atoms with van der Waals surface area (Å²) in [6, 6.07) is 6.46. The molecule has 0 aliphatic rings. The molecule has 0 radical (unpaired) electrons. The molecule has 0 aliphatic carbocycles. The van der Waals surface area contributed by atoms with Crippen molar-refractivity contribution in [2.75, 3.05) is 20.3 Å². The van der Waals surface area contributed by atoms with Gasteiger partial charge in [-0.2, -0.15) is 0 Å². The van der Waals surface area contributed by atoms with Crippen LogP contribution in [0.15, 0.2) is 24.3 Å². The first kappa shape index (κ1) is 12.5. The minimum atomic E-state index is -0.680. The van der Waals surface area contributed by atoms with Gasteiger partial charge in [-0.15, -0.1) is 0 Å². The monoisotopic (exact) mass is 225 g/mol. The number of nitrogens with two attached hydrogens (primary N) is 1. The molecule has 88 valence electrons. The first-order valence-electron chi connectivity index (χ1n) is 4.86. The van der Waals surface area contributed by atoms with Crippen molar-refractivity contribution in [3.05, 3.63) is 29.8 Å². The summed E-state index contributed by atoms with van der Waals surface area (Å²) in [5.74, 6) is 0.175. The highest BCUT2D eigenvalue weighted by atomic mass is 16.5. The first-order valence-corrected chi connectivity index (χ1v) is 4.86. The predicted octanol–water partition coefficient (Wildman–Crippen LogP) is 0.172.